The van der Waals surface area contributed by atoms with Crippen molar-refractivity contribution < 1.29 is 81.7 Å². The standard InChI is InChI=1S/C43H82O17P2/c1-3-5-6-7-8-9-10-11-14-17-20-23-26-30-36(45)58-35(32-37(46)56-31-27-24-21-18-15-12-13-16-19-22-25-29-34(44)28-4-2)33-57-62(54,55)60-43-40(49)38(47)42(39(48)41(43)50)59-61(51,52)53/h35,38-43,47-50H,3-33H2,1-2H3,(H,54,55)(H2,51,52,53)/t35-,38-,39+,40+,41?,42?,43?/m1/s1. The average molecular weight is 933 g/mol. The number of esters is 2. The molecule has 1 rings (SSSR count). The van der Waals surface area contributed by atoms with Crippen LogP contribution in [0, 0.1) is 0 Å². The molecule has 0 aromatic heterocycles. The Balaban J connectivity index is 2.56. The molecule has 0 saturated heterocycles. The topological polar surface area (TPSA) is 273 Å². The molecule has 0 amide bonds. The second-order valence-electron chi connectivity index (χ2n) is 16.8. The number of unbranched alkanes of at least 4 members (excludes halogenated alkanes) is 22. The molecule has 0 radical (unpaired) electrons. The predicted octanol–water partition coefficient (Wildman–Crippen LogP) is 7.80. The molecule has 366 valence electrons. The highest BCUT2D eigenvalue weighted by atomic mass is 31.2. The second-order valence-corrected chi connectivity index (χ2v) is 19.4. The summed E-state index contributed by atoms with van der Waals surface area (Å²) in [7, 11) is -10.6. The lowest BCUT2D eigenvalue weighted by Crippen LogP contribution is -2.64. The monoisotopic (exact) mass is 933 g/mol. The summed E-state index contributed by atoms with van der Waals surface area (Å²) in [5, 5.41) is 41.4. The number of phosphoric acid groups is 2. The molecule has 1 fully saturated rings. The first-order chi connectivity index (χ1) is 29.5. The molecule has 0 aliphatic heterocycles. The maximum atomic E-state index is 12.9. The Kier molecular flexibility index (Phi) is 33.1. The van der Waals surface area contributed by atoms with Gasteiger partial charge in [-0.05, 0) is 25.7 Å². The van der Waals surface area contributed by atoms with E-state index in [0.29, 0.717) is 31.5 Å². The summed E-state index contributed by atoms with van der Waals surface area (Å²) >= 11 is 0. The van der Waals surface area contributed by atoms with Gasteiger partial charge < -0.3 is 44.6 Å². The number of ketones is 1. The van der Waals surface area contributed by atoms with Crippen molar-refractivity contribution in [1.29, 1.82) is 0 Å². The fourth-order valence-electron chi connectivity index (χ4n) is 7.47. The van der Waals surface area contributed by atoms with Crippen LogP contribution in [0.4, 0.5) is 0 Å². The van der Waals surface area contributed by atoms with Crippen LogP contribution < -0.4 is 0 Å². The Morgan fingerprint density at radius 1 is 0.500 bits per heavy atom. The van der Waals surface area contributed by atoms with Gasteiger partial charge in [-0.25, -0.2) is 9.13 Å². The van der Waals surface area contributed by atoms with Gasteiger partial charge in [-0.2, -0.15) is 0 Å². The first-order valence-electron chi connectivity index (χ1n) is 23.5. The van der Waals surface area contributed by atoms with Crippen molar-refractivity contribution in [2.45, 2.75) is 243 Å². The van der Waals surface area contributed by atoms with Crippen LogP contribution >= 0.6 is 15.6 Å². The third-order valence-corrected chi connectivity index (χ3v) is 12.6. The zero-order chi connectivity index (χ0) is 46.2. The van der Waals surface area contributed by atoms with Gasteiger partial charge in [0.2, 0.25) is 0 Å². The van der Waals surface area contributed by atoms with Crippen molar-refractivity contribution in [3.8, 4) is 0 Å². The Morgan fingerprint density at radius 3 is 1.34 bits per heavy atom. The van der Waals surface area contributed by atoms with Gasteiger partial charge in [-0.3, -0.25) is 28.0 Å². The van der Waals surface area contributed by atoms with Gasteiger partial charge in [0.05, 0.1) is 19.6 Å². The lowest BCUT2D eigenvalue weighted by atomic mass is 9.85. The first kappa shape index (κ1) is 58.7. The van der Waals surface area contributed by atoms with Crippen molar-refractivity contribution >= 4 is 33.4 Å². The van der Waals surface area contributed by atoms with Crippen molar-refractivity contribution in [1.82, 2.24) is 0 Å². The molecule has 4 unspecified atom stereocenters. The summed E-state index contributed by atoms with van der Waals surface area (Å²) in [6, 6.07) is 0. The molecule has 0 heterocycles. The minimum absolute atomic E-state index is 0.0337. The maximum Gasteiger partial charge on any atom is 0.472 e. The number of rotatable bonds is 40. The minimum Gasteiger partial charge on any atom is -0.466 e. The lowest BCUT2D eigenvalue weighted by molar-refractivity contribution is -0.216. The van der Waals surface area contributed by atoms with E-state index in [9.17, 15) is 48.8 Å². The van der Waals surface area contributed by atoms with E-state index in [0.717, 1.165) is 83.5 Å². The van der Waals surface area contributed by atoms with E-state index in [4.69, 9.17) is 28.3 Å². The third-order valence-electron chi connectivity index (χ3n) is 11.1. The highest BCUT2D eigenvalue weighted by molar-refractivity contribution is 7.47. The summed E-state index contributed by atoms with van der Waals surface area (Å²) in [4.78, 5) is 65.8. The Morgan fingerprint density at radius 2 is 0.903 bits per heavy atom. The van der Waals surface area contributed by atoms with Crippen molar-refractivity contribution in [3.63, 3.8) is 0 Å². The number of carbonyl (C=O) groups excluding carboxylic acids is 3. The molecular weight excluding hydrogens is 850 g/mol. The summed E-state index contributed by atoms with van der Waals surface area (Å²) in [5.74, 6) is -1.04. The van der Waals surface area contributed by atoms with Gasteiger partial charge in [-0.1, -0.05) is 149 Å². The predicted molar refractivity (Wildman–Crippen MR) is 233 cm³/mol. The van der Waals surface area contributed by atoms with E-state index >= 15 is 0 Å². The van der Waals surface area contributed by atoms with Gasteiger partial charge in [0.1, 0.15) is 48.5 Å². The smallest absolute Gasteiger partial charge is 0.466 e. The SMILES string of the molecule is CCCCCCCCCCCCCCCC(=O)O[C@@H](COP(=O)(O)OC1C(O)[C@H](O)C(OP(=O)(O)O)[C@H](O)[C@@H]1O)CC(=O)OCCCCCCCCCCCCCC(=O)CCC. The number of hydrogen-bond donors (Lipinski definition) is 7. The van der Waals surface area contributed by atoms with Gasteiger partial charge in [0.25, 0.3) is 0 Å². The quantitative estimate of drug-likeness (QED) is 0.0175. The largest absolute Gasteiger partial charge is 0.472 e. The van der Waals surface area contributed by atoms with Crippen LogP contribution in [0.25, 0.3) is 0 Å². The number of Topliss-reactive ketones (excluding diaryl/α,β-unsaturated/α-hetero) is 1. The summed E-state index contributed by atoms with van der Waals surface area (Å²) in [5.41, 5.74) is 0. The number of aliphatic hydroxyl groups excluding tert-OH is 4. The van der Waals surface area contributed by atoms with Crippen LogP contribution in [0.1, 0.15) is 200 Å². The number of carbonyl (C=O) groups is 3. The van der Waals surface area contributed by atoms with Crippen molar-refractivity contribution in [3.05, 3.63) is 0 Å². The first-order valence-corrected chi connectivity index (χ1v) is 26.5. The molecule has 0 aromatic carbocycles. The molecular formula is C43H82O17P2. The molecule has 0 spiro atoms. The van der Waals surface area contributed by atoms with Crippen LogP contribution in [0.3, 0.4) is 0 Å². The average Bonchev–Trinajstić information content (AvgIpc) is 3.21. The Bertz CT molecular complexity index is 1270. The molecule has 1 saturated carbocycles. The highest BCUT2D eigenvalue weighted by Crippen LogP contribution is 2.48. The molecule has 8 atom stereocenters. The number of aliphatic hydroxyl groups is 4. The van der Waals surface area contributed by atoms with Gasteiger partial charge in [0.15, 0.2) is 0 Å². The van der Waals surface area contributed by atoms with E-state index in [1.807, 2.05) is 6.92 Å². The Hall–Kier alpha value is -1.33. The van der Waals surface area contributed by atoms with Gasteiger partial charge >= 0.3 is 27.6 Å². The van der Waals surface area contributed by atoms with E-state index < -0.39 is 83.3 Å². The maximum absolute atomic E-state index is 12.9. The Labute approximate surface area is 370 Å². The summed E-state index contributed by atoms with van der Waals surface area (Å²) in [6.45, 7) is 3.51. The fraction of sp³-hybridized carbons (Fsp3) is 0.930. The third kappa shape index (κ3) is 29.3. The van der Waals surface area contributed by atoms with Gasteiger partial charge in [0, 0.05) is 19.3 Å². The zero-order valence-corrected chi connectivity index (χ0v) is 39.4. The van der Waals surface area contributed by atoms with Crippen LogP contribution in [-0.2, 0) is 46.6 Å². The van der Waals surface area contributed by atoms with Crippen LogP contribution in [0.15, 0.2) is 0 Å². The molecule has 7 N–H and O–H groups in total. The molecule has 19 heteroatoms. The molecule has 1 aliphatic carbocycles. The van der Waals surface area contributed by atoms with E-state index in [1.54, 1.807) is 0 Å². The zero-order valence-electron chi connectivity index (χ0n) is 37.6. The lowest BCUT2D eigenvalue weighted by Gasteiger charge is -2.43. The van der Waals surface area contributed by atoms with Crippen LogP contribution in [0.5, 0.6) is 0 Å². The molecule has 0 aromatic rings. The number of phosphoric ester groups is 2. The highest BCUT2D eigenvalue weighted by Gasteiger charge is 2.54. The normalized spacial score (nSPS) is 22.0. The van der Waals surface area contributed by atoms with E-state index in [-0.39, 0.29) is 13.0 Å². The molecule has 17 nitrogen and oxygen atoms in total. The number of ether oxygens (including phenoxy) is 2. The van der Waals surface area contributed by atoms with Crippen molar-refractivity contribution in [2.24, 2.45) is 0 Å². The van der Waals surface area contributed by atoms with Crippen LogP contribution in [-0.4, -0.2) is 109 Å². The van der Waals surface area contributed by atoms with Crippen LogP contribution in [0.2, 0.25) is 0 Å². The molecule has 1 aliphatic rings. The van der Waals surface area contributed by atoms with Gasteiger partial charge in [-0.15, -0.1) is 0 Å². The van der Waals surface area contributed by atoms with Crippen molar-refractivity contribution in [2.75, 3.05) is 13.2 Å². The second kappa shape index (κ2) is 34.9. The van der Waals surface area contributed by atoms with E-state index in [1.165, 1.54) is 64.2 Å². The minimum atomic E-state index is -5.31. The van der Waals surface area contributed by atoms with E-state index in [2.05, 4.69) is 11.4 Å². The number of hydrogen-bond acceptors (Lipinski definition) is 14. The fourth-order valence-corrected chi connectivity index (χ4v) is 9.01. The summed E-state index contributed by atoms with van der Waals surface area (Å²) in [6.07, 6.45) is 12.8. The molecule has 0 bridgehead atoms. The summed E-state index contributed by atoms with van der Waals surface area (Å²) < 4.78 is 49.1. The molecule has 62 heavy (non-hydrogen) atoms.